The number of rotatable bonds is 4. The second-order valence-corrected chi connectivity index (χ2v) is 6.71. The van der Waals surface area contributed by atoms with Crippen molar-refractivity contribution in [3.05, 3.63) is 65.0 Å². The smallest absolute Gasteiger partial charge is 0.416 e. The van der Waals surface area contributed by atoms with Crippen LogP contribution in [0.4, 0.5) is 17.6 Å². The van der Waals surface area contributed by atoms with Gasteiger partial charge < -0.3 is 4.74 Å². The molecule has 0 aliphatic rings. The summed E-state index contributed by atoms with van der Waals surface area (Å²) in [6.07, 6.45) is -4.45. The summed E-state index contributed by atoms with van der Waals surface area (Å²) in [5.41, 5.74) is -0.951. The van der Waals surface area contributed by atoms with Crippen molar-refractivity contribution >= 4 is 5.78 Å². The van der Waals surface area contributed by atoms with Crippen molar-refractivity contribution in [2.24, 2.45) is 5.41 Å². The fraction of sp³-hybridized carbons (Fsp3) is 0.316. The number of ether oxygens (including phenoxy) is 1. The first-order chi connectivity index (χ1) is 11.5. The SMILES string of the molecule is CC(C)(C)C(=O)c1ccc(OCc2cccc(C(F)(F)F)c2)c(F)c1. The largest absolute Gasteiger partial charge is 0.486 e. The zero-order valence-electron chi connectivity index (χ0n) is 14.1. The molecule has 0 aliphatic heterocycles. The van der Waals surface area contributed by atoms with E-state index in [-0.39, 0.29) is 29.3 Å². The van der Waals surface area contributed by atoms with E-state index in [0.29, 0.717) is 0 Å². The second kappa shape index (κ2) is 6.86. The lowest BCUT2D eigenvalue weighted by molar-refractivity contribution is -0.137. The average molecular weight is 354 g/mol. The number of ketones is 1. The van der Waals surface area contributed by atoms with Gasteiger partial charge in [-0.3, -0.25) is 4.79 Å². The highest BCUT2D eigenvalue weighted by Gasteiger charge is 2.30. The normalized spacial score (nSPS) is 12.1. The van der Waals surface area contributed by atoms with Gasteiger partial charge in [0.25, 0.3) is 0 Å². The first-order valence-corrected chi connectivity index (χ1v) is 7.62. The van der Waals surface area contributed by atoms with Gasteiger partial charge in [0, 0.05) is 11.0 Å². The molecule has 2 rings (SSSR count). The lowest BCUT2D eigenvalue weighted by Crippen LogP contribution is -2.20. The first-order valence-electron chi connectivity index (χ1n) is 7.62. The third-order valence-electron chi connectivity index (χ3n) is 3.52. The van der Waals surface area contributed by atoms with Crippen LogP contribution >= 0.6 is 0 Å². The molecule has 134 valence electrons. The van der Waals surface area contributed by atoms with Crippen LogP contribution in [-0.4, -0.2) is 5.78 Å². The zero-order chi connectivity index (χ0) is 18.8. The van der Waals surface area contributed by atoms with E-state index in [0.717, 1.165) is 18.2 Å². The van der Waals surface area contributed by atoms with E-state index in [9.17, 15) is 22.4 Å². The van der Waals surface area contributed by atoms with Crippen LogP contribution in [0.1, 0.15) is 42.3 Å². The van der Waals surface area contributed by atoms with Crippen LogP contribution in [0.2, 0.25) is 0 Å². The van der Waals surface area contributed by atoms with Crippen LogP contribution < -0.4 is 4.74 Å². The highest BCUT2D eigenvalue weighted by molar-refractivity contribution is 5.99. The maximum Gasteiger partial charge on any atom is 0.416 e. The standard InChI is InChI=1S/C19H18F4O2/c1-18(2,3)17(24)13-7-8-16(15(20)10-13)25-11-12-5-4-6-14(9-12)19(21,22)23/h4-10H,11H2,1-3H3. The first kappa shape index (κ1) is 19.0. The molecule has 6 heteroatoms. The van der Waals surface area contributed by atoms with Gasteiger partial charge in [0.15, 0.2) is 17.3 Å². The van der Waals surface area contributed by atoms with E-state index in [2.05, 4.69) is 0 Å². The molecule has 0 amide bonds. The molecule has 0 saturated heterocycles. The Morgan fingerprint density at radius 1 is 1.04 bits per heavy atom. The molecule has 0 aromatic heterocycles. The lowest BCUT2D eigenvalue weighted by Gasteiger charge is -2.17. The summed E-state index contributed by atoms with van der Waals surface area (Å²) in [5, 5.41) is 0. The van der Waals surface area contributed by atoms with Crippen molar-refractivity contribution < 1.29 is 27.1 Å². The summed E-state index contributed by atoms with van der Waals surface area (Å²) in [6.45, 7) is 4.97. The molecule has 0 unspecified atom stereocenters. The Bertz CT molecular complexity index is 774. The molecule has 0 N–H and O–H groups in total. The van der Waals surface area contributed by atoms with Gasteiger partial charge in [-0.2, -0.15) is 13.2 Å². The van der Waals surface area contributed by atoms with Crippen LogP contribution in [0.5, 0.6) is 5.75 Å². The van der Waals surface area contributed by atoms with Crippen LogP contribution in [0, 0.1) is 11.2 Å². The molecule has 0 atom stereocenters. The van der Waals surface area contributed by atoms with Gasteiger partial charge in [-0.05, 0) is 35.9 Å². The van der Waals surface area contributed by atoms with E-state index >= 15 is 0 Å². The lowest BCUT2D eigenvalue weighted by atomic mass is 9.86. The molecular weight excluding hydrogens is 336 g/mol. The molecular formula is C19H18F4O2. The van der Waals surface area contributed by atoms with E-state index < -0.39 is 23.0 Å². The summed E-state index contributed by atoms with van der Waals surface area (Å²) in [4.78, 5) is 12.1. The van der Waals surface area contributed by atoms with Crippen LogP contribution in [0.25, 0.3) is 0 Å². The van der Waals surface area contributed by atoms with Gasteiger partial charge in [0.2, 0.25) is 0 Å². The molecule has 0 saturated carbocycles. The highest BCUT2D eigenvalue weighted by atomic mass is 19.4. The van der Waals surface area contributed by atoms with Gasteiger partial charge in [0.05, 0.1) is 5.56 Å². The van der Waals surface area contributed by atoms with Gasteiger partial charge >= 0.3 is 6.18 Å². The zero-order valence-corrected chi connectivity index (χ0v) is 14.1. The minimum atomic E-state index is -4.45. The number of carbonyl (C=O) groups excluding carboxylic acids is 1. The fourth-order valence-corrected chi connectivity index (χ4v) is 2.19. The van der Waals surface area contributed by atoms with Crippen LogP contribution in [-0.2, 0) is 12.8 Å². The predicted octanol–water partition coefficient (Wildman–Crippen LogP) is 5.65. The van der Waals surface area contributed by atoms with Gasteiger partial charge in [-0.1, -0.05) is 32.9 Å². The number of hydrogen-bond acceptors (Lipinski definition) is 2. The average Bonchev–Trinajstić information content (AvgIpc) is 2.51. The van der Waals surface area contributed by atoms with Crippen molar-refractivity contribution in [2.45, 2.75) is 33.6 Å². The number of carbonyl (C=O) groups is 1. The molecule has 2 nitrogen and oxygen atoms in total. The fourth-order valence-electron chi connectivity index (χ4n) is 2.19. The molecule has 0 radical (unpaired) electrons. The van der Waals surface area contributed by atoms with Gasteiger partial charge in [-0.15, -0.1) is 0 Å². The Hall–Kier alpha value is -2.37. The monoisotopic (exact) mass is 354 g/mol. The van der Waals surface area contributed by atoms with E-state index in [4.69, 9.17) is 4.74 Å². The topological polar surface area (TPSA) is 26.3 Å². The molecule has 0 bridgehead atoms. The second-order valence-electron chi connectivity index (χ2n) is 6.71. The predicted molar refractivity (Wildman–Crippen MR) is 86.0 cm³/mol. The maximum atomic E-state index is 14.1. The summed E-state index contributed by atoms with van der Waals surface area (Å²) in [5.74, 6) is -1.07. The van der Waals surface area contributed by atoms with Crippen LogP contribution in [0.15, 0.2) is 42.5 Å². The Morgan fingerprint density at radius 3 is 2.28 bits per heavy atom. The highest BCUT2D eigenvalue weighted by Crippen LogP contribution is 2.30. The maximum absolute atomic E-state index is 14.1. The summed E-state index contributed by atoms with van der Waals surface area (Å²) >= 11 is 0. The van der Waals surface area contributed by atoms with E-state index in [1.165, 1.54) is 24.3 Å². The van der Waals surface area contributed by atoms with Crippen molar-refractivity contribution in [1.82, 2.24) is 0 Å². The third kappa shape index (κ3) is 4.81. The Labute approximate surface area is 143 Å². The van der Waals surface area contributed by atoms with Crippen molar-refractivity contribution in [3.8, 4) is 5.75 Å². The van der Waals surface area contributed by atoms with Gasteiger partial charge in [0.1, 0.15) is 6.61 Å². The summed E-state index contributed by atoms with van der Waals surface area (Å²) in [6, 6.07) is 8.47. The molecule has 0 fully saturated rings. The molecule has 2 aromatic carbocycles. The quantitative estimate of drug-likeness (QED) is 0.524. The van der Waals surface area contributed by atoms with Crippen molar-refractivity contribution in [1.29, 1.82) is 0 Å². The Kier molecular flexibility index (Phi) is 5.20. The summed E-state index contributed by atoms with van der Waals surface area (Å²) < 4.78 is 57.4. The number of benzene rings is 2. The number of Topliss-reactive ketones (excluding diaryl/α,β-unsaturated/α-hetero) is 1. The molecule has 0 aliphatic carbocycles. The number of halogens is 4. The molecule has 25 heavy (non-hydrogen) atoms. The van der Waals surface area contributed by atoms with E-state index in [1.54, 1.807) is 20.8 Å². The van der Waals surface area contributed by atoms with Crippen LogP contribution in [0.3, 0.4) is 0 Å². The molecule has 0 spiro atoms. The van der Waals surface area contributed by atoms with Gasteiger partial charge in [-0.25, -0.2) is 4.39 Å². The summed E-state index contributed by atoms with van der Waals surface area (Å²) in [7, 11) is 0. The van der Waals surface area contributed by atoms with Crippen molar-refractivity contribution in [3.63, 3.8) is 0 Å². The third-order valence-corrected chi connectivity index (χ3v) is 3.52. The van der Waals surface area contributed by atoms with E-state index in [1.807, 2.05) is 0 Å². The van der Waals surface area contributed by atoms with Crippen molar-refractivity contribution in [2.75, 3.05) is 0 Å². The number of alkyl halides is 3. The molecule has 0 heterocycles. The minimum absolute atomic E-state index is 0.122. The Morgan fingerprint density at radius 2 is 1.72 bits per heavy atom. The molecule has 2 aromatic rings. The Balaban J connectivity index is 2.13. The minimum Gasteiger partial charge on any atom is -0.486 e. The number of hydrogen-bond donors (Lipinski definition) is 0.